The molecule has 1 aromatic heterocycles. The van der Waals surface area contributed by atoms with Crippen molar-refractivity contribution in [1.29, 1.82) is 0 Å². The fourth-order valence-corrected chi connectivity index (χ4v) is 3.80. The van der Waals surface area contributed by atoms with E-state index in [0.717, 1.165) is 0 Å². The van der Waals surface area contributed by atoms with Crippen LogP contribution in [0.15, 0.2) is 12.4 Å². The summed E-state index contributed by atoms with van der Waals surface area (Å²) in [7, 11) is 4.31. The number of aryl methyl sites for hydroxylation is 2. The second-order valence-electron chi connectivity index (χ2n) is 7.99. The second-order valence-corrected chi connectivity index (χ2v) is 7.99. The highest BCUT2D eigenvalue weighted by molar-refractivity contribution is 4.81. The molecule has 2 heteroatoms. The van der Waals surface area contributed by atoms with Crippen LogP contribution in [0.4, 0.5) is 0 Å². The van der Waals surface area contributed by atoms with Gasteiger partial charge in [-0.2, -0.15) is 0 Å². The third-order valence-electron chi connectivity index (χ3n) is 5.58. The molecule has 0 saturated heterocycles. The molecule has 1 aromatic rings. The van der Waals surface area contributed by atoms with Gasteiger partial charge in [-0.05, 0) is 6.42 Å². The Morgan fingerprint density at radius 3 is 1.44 bits per heavy atom. The maximum absolute atomic E-state index is 2.30. The summed E-state index contributed by atoms with van der Waals surface area (Å²) in [6.07, 6.45) is 28.6. The van der Waals surface area contributed by atoms with Gasteiger partial charge in [0.15, 0.2) is 0 Å². The van der Waals surface area contributed by atoms with Crippen LogP contribution in [-0.2, 0) is 20.5 Å². The average Bonchev–Trinajstić information content (AvgIpc) is 2.93. The Hall–Kier alpha value is -0.790. The van der Waals surface area contributed by atoms with E-state index in [1.807, 2.05) is 0 Å². The molecule has 0 aliphatic rings. The molecule has 0 amide bonds. The van der Waals surface area contributed by atoms with Gasteiger partial charge < -0.3 is 0 Å². The van der Waals surface area contributed by atoms with Crippen molar-refractivity contribution >= 4 is 0 Å². The van der Waals surface area contributed by atoms with Gasteiger partial charge in [0.25, 0.3) is 5.82 Å². The Labute approximate surface area is 158 Å². The molecular weight excluding hydrogens is 304 g/mol. The van der Waals surface area contributed by atoms with Crippen LogP contribution >= 0.6 is 0 Å². The molecule has 25 heavy (non-hydrogen) atoms. The zero-order valence-corrected chi connectivity index (χ0v) is 17.6. The molecule has 0 atom stereocenters. The molecule has 0 aliphatic heterocycles. The summed E-state index contributed by atoms with van der Waals surface area (Å²) in [6.45, 7) is 2.30. The van der Waals surface area contributed by atoms with Crippen LogP contribution < -0.4 is 4.57 Å². The van der Waals surface area contributed by atoms with Crippen molar-refractivity contribution in [3.05, 3.63) is 18.2 Å². The third kappa shape index (κ3) is 11.4. The summed E-state index contributed by atoms with van der Waals surface area (Å²) in [4.78, 5) is 0. The van der Waals surface area contributed by atoms with Crippen LogP contribution in [0, 0.1) is 0 Å². The summed E-state index contributed by atoms with van der Waals surface area (Å²) in [6, 6.07) is 0. The van der Waals surface area contributed by atoms with Gasteiger partial charge in [-0.15, -0.1) is 0 Å². The summed E-state index contributed by atoms with van der Waals surface area (Å²) >= 11 is 0. The molecule has 0 N–H and O–H groups in total. The molecule has 0 bridgehead atoms. The lowest BCUT2D eigenvalue weighted by Gasteiger charge is -2.03. The minimum absolute atomic E-state index is 1.22. The number of nitrogens with zero attached hydrogens (tertiary/aromatic N) is 2. The van der Waals surface area contributed by atoms with Crippen LogP contribution in [0.1, 0.15) is 115 Å². The van der Waals surface area contributed by atoms with Crippen molar-refractivity contribution in [1.82, 2.24) is 4.57 Å². The van der Waals surface area contributed by atoms with E-state index in [0.29, 0.717) is 0 Å². The smallest absolute Gasteiger partial charge is 0.237 e. The third-order valence-corrected chi connectivity index (χ3v) is 5.58. The fourth-order valence-electron chi connectivity index (χ4n) is 3.80. The van der Waals surface area contributed by atoms with Gasteiger partial charge in [0, 0.05) is 6.42 Å². The zero-order valence-electron chi connectivity index (χ0n) is 17.6. The topological polar surface area (TPSA) is 8.81 Å². The second kappa shape index (κ2) is 15.5. The van der Waals surface area contributed by atoms with E-state index < -0.39 is 0 Å². The van der Waals surface area contributed by atoms with Crippen molar-refractivity contribution in [2.24, 2.45) is 14.1 Å². The van der Waals surface area contributed by atoms with Crippen LogP contribution in [0.2, 0.25) is 0 Å². The van der Waals surface area contributed by atoms with Crippen LogP contribution in [0.25, 0.3) is 0 Å². The number of aromatic nitrogens is 2. The number of hydrogen-bond donors (Lipinski definition) is 0. The van der Waals surface area contributed by atoms with Crippen molar-refractivity contribution in [3.63, 3.8) is 0 Å². The first kappa shape index (κ1) is 22.3. The van der Waals surface area contributed by atoms with Crippen LogP contribution in [0.3, 0.4) is 0 Å². The van der Waals surface area contributed by atoms with Crippen molar-refractivity contribution < 1.29 is 4.57 Å². The Balaban J connectivity index is 1.76. The summed E-state index contributed by atoms with van der Waals surface area (Å²) in [5, 5.41) is 0. The molecule has 0 saturated carbocycles. The first-order chi connectivity index (χ1) is 12.3. The van der Waals surface area contributed by atoms with E-state index in [1.165, 1.54) is 115 Å². The van der Waals surface area contributed by atoms with E-state index in [-0.39, 0.29) is 0 Å². The molecule has 2 nitrogen and oxygen atoms in total. The predicted octanol–water partition coefficient (Wildman–Crippen LogP) is 6.65. The van der Waals surface area contributed by atoms with E-state index >= 15 is 0 Å². The number of imidazole rings is 1. The SMILES string of the molecule is CCCCCCCCCCCCCCCCCCc1n(C)cc[n+]1C. The highest BCUT2D eigenvalue weighted by atomic mass is 15.1. The lowest BCUT2D eigenvalue weighted by atomic mass is 10.0. The van der Waals surface area contributed by atoms with Gasteiger partial charge >= 0.3 is 0 Å². The van der Waals surface area contributed by atoms with Gasteiger partial charge in [-0.25, -0.2) is 9.13 Å². The lowest BCUT2D eigenvalue weighted by molar-refractivity contribution is -0.678. The summed E-state index contributed by atoms with van der Waals surface area (Å²) < 4.78 is 4.51. The Morgan fingerprint density at radius 2 is 1.08 bits per heavy atom. The standard InChI is InChI=1S/C23H45N2/c1-4-5-6-7-8-9-10-11-12-13-14-15-16-17-18-19-20-23-24(2)21-22-25(23)3/h21-22H,4-20H2,1-3H3/q+1. The van der Waals surface area contributed by atoms with Crippen molar-refractivity contribution in [2.75, 3.05) is 0 Å². The molecule has 146 valence electrons. The number of rotatable bonds is 17. The molecule has 0 aliphatic carbocycles. The Bertz CT molecular complexity index is 389. The van der Waals surface area contributed by atoms with Gasteiger partial charge in [-0.1, -0.05) is 103 Å². The first-order valence-corrected chi connectivity index (χ1v) is 11.3. The highest BCUT2D eigenvalue weighted by Crippen LogP contribution is 2.14. The minimum Gasteiger partial charge on any atom is -0.237 e. The van der Waals surface area contributed by atoms with Crippen molar-refractivity contribution in [3.8, 4) is 0 Å². The zero-order chi connectivity index (χ0) is 18.2. The largest absolute Gasteiger partial charge is 0.255 e. The number of unbranched alkanes of at least 4 members (excludes halogenated alkanes) is 15. The predicted molar refractivity (Wildman–Crippen MR) is 110 cm³/mol. The van der Waals surface area contributed by atoms with Gasteiger partial charge in [-0.3, -0.25) is 0 Å². The van der Waals surface area contributed by atoms with Gasteiger partial charge in [0.1, 0.15) is 12.4 Å². The average molecular weight is 350 g/mol. The first-order valence-electron chi connectivity index (χ1n) is 11.3. The van der Waals surface area contributed by atoms with Gasteiger partial charge in [0.05, 0.1) is 14.1 Å². The Kier molecular flexibility index (Phi) is 13.8. The molecule has 1 heterocycles. The molecule has 0 unspecified atom stereocenters. The highest BCUT2D eigenvalue weighted by Gasteiger charge is 2.09. The van der Waals surface area contributed by atoms with E-state index in [4.69, 9.17) is 0 Å². The fraction of sp³-hybridized carbons (Fsp3) is 0.870. The molecule has 1 rings (SSSR count). The van der Waals surface area contributed by atoms with E-state index in [1.54, 1.807) is 0 Å². The maximum Gasteiger partial charge on any atom is 0.255 e. The lowest BCUT2D eigenvalue weighted by Crippen LogP contribution is -2.31. The summed E-state index contributed by atoms with van der Waals surface area (Å²) in [5.74, 6) is 1.45. The van der Waals surface area contributed by atoms with Crippen molar-refractivity contribution in [2.45, 2.75) is 116 Å². The molecule has 0 spiro atoms. The molecule has 0 radical (unpaired) electrons. The van der Waals surface area contributed by atoms with E-state index in [2.05, 4.69) is 42.5 Å². The van der Waals surface area contributed by atoms with E-state index in [9.17, 15) is 0 Å². The Morgan fingerprint density at radius 1 is 0.680 bits per heavy atom. The molecular formula is C23H45N2+. The molecule has 0 fully saturated rings. The maximum atomic E-state index is 2.30. The van der Waals surface area contributed by atoms with Crippen LogP contribution in [0.5, 0.6) is 0 Å². The summed E-state index contributed by atoms with van der Waals surface area (Å²) in [5.41, 5.74) is 0. The monoisotopic (exact) mass is 349 g/mol. The van der Waals surface area contributed by atoms with Crippen LogP contribution in [-0.4, -0.2) is 4.57 Å². The normalized spacial score (nSPS) is 11.3. The quantitative estimate of drug-likeness (QED) is 0.220. The number of hydrogen-bond acceptors (Lipinski definition) is 0. The minimum atomic E-state index is 1.22. The molecule has 0 aromatic carbocycles. The van der Waals surface area contributed by atoms with Gasteiger partial charge in [0.2, 0.25) is 0 Å².